The topological polar surface area (TPSA) is 119 Å². The lowest BCUT2D eigenvalue weighted by Crippen LogP contribution is -2.21. The van der Waals surface area contributed by atoms with Crippen LogP contribution < -0.4 is 5.32 Å². The van der Waals surface area contributed by atoms with Crippen molar-refractivity contribution < 1.29 is 24.4 Å². The Labute approximate surface area is 154 Å². The van der Waals surface area contributed by atoms with Crippen LogP contribution >= 0.6 is 27.5 Å². The maximum absolute atomic E-state index is 11.9. The third-order valence-electron chi connectivity index (χ3n) is 2.95. The number of anilines is 1. The number of nitrogens with one attached hydrogen (secondary N) is 1. The number of carbonyl (C=O) groups is 2. The van der Waals surface area contributed by atoms with Crippen LogP contribution in [0.3, 0.4) is 0 Å². The third kappa shape index (κ3) is 4.91. The number of halogens is 2. The summed E-state index contributed by atoms with van der Waals surface area (Å²) in [6.45, 7) is -0.617. The van der Waals surface area contributed by atoms with Crippen molar-refractivity contribution >= 4 is 50.8 Å². The summed E-state index contributed by atoms with van der Waals surface area (Å²) < 4.78 is 5.11. The Balaban J connectivity index is 1.98. The van der Waals surface area contributed by atoms with Crippen molar-refractivity contribution in [2.24, 2.45) is 0 Å². The number of aromatic hydroxyl groups is 1. The Bertz CT molecular complexity index is 858. The van der Waals surface area contributed by atoms with Gasteiger partial charge in [-0.25, -0.2) is 4.79 Å². The van der Waals surface area contributed by atoms with E-state index in [-0.39, 0.29) is 27.7 Å². The number of non-ortho nitro benzene ring substituents is 1. The average Bonchev–Trinajstić information content (AvgIpc) is 2.56. The summed E-state index contributed by atoms with van der Waals surface area (Å²) in [5, 5.41) is 22.9. The number of phenols is 1. The van der Waals surface area contributed by atoms with E-state index >= 15 is 0 Å². The van der Waals surface area contributed by atoms with Crippen LogP contribution in [0.15, 0.2) is 40.9 Å². The molecule has 2 rings (SSSR count). The number of amides is 1. The fraction of sp³-hybridized carbons (Fsp3) is 0.0667. The van der Waals surface area contributed by atoms with Gasteiger partial charge in [-0.15, -0.1) is 0 Å². The van der Waals surface area contributed by atoms with Crippen molar-refractivity contribution in [2.75, 3.05) is 11.9 Å². The van der Waals surface area contributed by atoms with Gasteiger partial charge in [0.1, 0.15) is 11.3 Å². The molecule has 1 amide bonds. The zero-order chi connectivity index (χ0) is 18.6. The molecule has 0 aliphatic rings. The number of rotatable bonds is 5. The molecule has 8 nitrogen and oxygen atoms in total. The lowest BCUT2D eigenvalue weighted by molar-refractivity contribution is -0.384. The van der Waals surface area contributed by atoms with Crippen LogP contribution in [0.25, 0.3) is 0 Å². The number of hydrogen-bond acceptors (Lipinski definition) is 6. The number of carbonyl (C=O) groups excluding carboxylic acids is 2. The highest BCUT2D eigenvalue weighted by molar-refractivity contribution is 9.10. The van der Waals surface area contributed by atoms with Crippen LogP contribution in [0.5, 0.6) is 5.75 Å². The molecule has 2 N–H and O–H groups in total. The Hall–Kier alpha value is -2.65. The van der Waals surface area contributed by atoms with E-state index in [9.17, 15) is 24.8 Å². The fourth-order valence-corrected chi connectivity index (χ4v) is 2.42. The highest BCUT2D eigenvalue weighted by Gasteiger charge is 2.16. The van der Waals surface area contributed by atoms with Gasteiger partial charge >= 0.3 is 5.97 Å². The Morgan fingerprint density at radius 3 is 2.64 bits per heavy atom. The second kappa shape index (κ2) is 7.95. The minimum atomic E-state index is -0.919. The summed E-state index contributed by atoms with van der Waals surface area (Å²) >= 11 is 8.84. The van der Waals surface area contributed by atoms with E-state index < -0.39 is 23.4 Å². The predicted molar refractivity (Wildman–Crippen MR) is 92.8 cm³/mol. The molecule has 0 heterocycles. The van der Waals surface area contributed by atoms with Crippen LogP contribution in [0, 0.1) is 10.1 Å². The van der Waals surface area contributed by atoms with Gasteiger partial charge < -0.3 is 15.2 Å². The van der Waals surface area contributed by atoms with E-state index in [0.717, 1.165) is 0 Å². The Morgan fingerprint density at radius 1 is 1.28 bits per heavy atom. The zero-order valence-corrected chi connectivity index (χ0v) is 14.7. The summed E-state index contributed by atoms with van der Waals surface area (Å²) in [5.41, 5.74) is -0.0400. The maximum atomic E-state index is 11.9. The van der Waals surface area contributed by atoms with E-state index in [0.29, 0.717) is 4.47 Å². The first-order valence-corrected chi connectivity index (χ1v) is 7.84. The van der Waals surface area contributed by atoms with Gasteiger partial charge in [0.2, 0.25) is 0 Å². The molecule has 0 atom stereocenters. The number of nitrogens with zero attached hydrogens (tertiary/aromatic N) is 1. The Morgan fingerprint density at radius 2 is 2.00 bits per heavy atom. The van der Waals surface area contributed by atoms with E-state index in [1.807, 2.05) is 0 Å². The predicted octanol–water partition coefficient (Wildman–Crippen LogP) is 3.51. The summed E-state index contributed by atoms with van der Waals surface area (Å²) in [4.78, 5) is 33.8. The molecular formula is C15H10BrClN2O6. The van der Waals surface area contributed by atoms with Gasteiger partial charge in [-0.1, -0.05) is 11.6 Å². The van der Waals surface area contributed by atoms with Crippen molar-refractivity contribution in [1.82, 2.24) is 0 Å². The molecule has 10 heteroatoms. The van der Waals surface area contributed by atoms with Crippen molar-refractivity contribution in [3.05, 3.63) is 61.6 Å². The second-order valence-corrected chi connectivity index (χ2v) is 6.00. The lowest BCUT2D eigenvalue weighted by Gasteiger charge is -2.09. The van der Waals surface area contributed by atoms with Crippen molar-refractivity contribution in [3.8, 4) is 5.75 Å². The molecule has 0 aromatic heterocycles. The summed E-state index contributed by atoms with van der Waals surface area (Å²) in [5.74, 6) is -1.91. The van der Waals surface area contributed by atoms with Gasteiger partial charge in [0.15, 0.2) is 6.61 Å². The minimum Gasteiger partial charge on any atom is -0.507 e. The SMILES string of the molecule is O=C(COC(=O)c1cc(Cl)ccc1O)Nc1ccc([N+](=O)[O-])cc1Br. The number of nitro groups is 1. The van der Waals surface area contributed by atoms with E-state index in [1.54, 1.807) is 0 Å². The van der Waals surface area contributed by atoms with Gasteiger partial charge in [-0.05, 0) is 40.2 Å². The number of esters is 1. The van der Waals surface area contributed by atoms with Crippen LogP contribution in [0.4, 0.5) is 11.4 Å². The molecule has 0 saturated carbocycles. The molecule has 0 aliphatic heterocycles. The molecular weight excluding hydrogens is 420 g/mol. The fourth-order valence-electron chi connectivity index (χ4n) is 1.79. The summed E-state index contributed by atoms with van der Waals surface area (Å²) in [6.07, 6.45) is 0. The smallest absolute Gasteiger partial charge is 0.342 e. The van der Waals surface area contributed by atoms with Crippen molar-refractivity contribution in [1.29, 1.82) is 0 Å². The molecule has 2 aromatic rings. The number of nitro benzene ring substituents is 1. The molecule has 0 bridgehead atoms. The summed E-state index contributed by atoms with van der Waals surface area (Å²) in [6, 6.07) is 7.62. The molecule has 0 aliphatic carbocycles. The average molecular weight is 430 g/mol. The van der Waals surface area contributed by atoms with Crippen LogP contribution in [0.2, 0.25) is 5.02 Å². The molecule has 0 saturated heterocycles. The molecule has 0 radical (unpaired) electrons. The highest BCUT2D eigenvalue weighted by Crippen LogP contribution is 2.27. The largest absolute Gasteiger partial charge is 0.507 e. The van der Waals surface area contributed by atoms with Crippen molar-refractivity contribution in [2.45, 2.75) is 0 Å². The van der Waals surface area contributed by atoms with Crippen LogP contribution in [0.1, 0.15) is 10.4 Å². The Kier molecular flexibility index (Phi) is 5.94. The second-order valence-electron chi connectivity index (χ2n) is 4.71. The molecule has 2 aromatic carbocycles. The lowest BCUT2D eigenvalue weighted by atomic mass is 10.2. The first-order valence-electron chi connectivity index (χ1n) is 6.67. The molecule has 130 valence electrons. The molecule has 0 spiro atoms. The van der Waals surface area contributed by atoms with Gasteiger partial charge in [0.25, 0.3) is 11.6 Å². The number of ether oxygens (including phenoxy) is 1. The molecule has 0 fully saturated rings. The minimum absolute atomic E-state index is 0.146. The van der Waals surface area contributed by atoms with Crippen LogP contribution in [-0.4, -0.2) is 28.5 Å². The zero-order valence-electron chi connectivity index (χ0n) is 12.4. The van der Waals surface area contributed by atoms with Gasteiger partial charge in [0, 0.05) is 21.6 Å². The van der Waals surface area contributed by atoms with E-state index in [1.165, 1.54) is 36.4 Å². The maximum Gasteiger partial charge on any atom is 0.342 e. The first-order chi connectivity index (χ1) is 11.8. The van der Waals surface area contributed by atoms with Crippen LogP contribution in [-0.2, 0) is 9.53 Å². The number of benzene rings is 2. The van der Waals surface area contributed by atoms with E-state index in [2.05, 4.69) is 21.2 Å². The normalized spacial score (nSPS) is 10.2. The van der Waals surface area contributed by atoms with E-state index in [4.69, 9.17) is 16.3 Å². The summed E-state index contributed by atoms with van der Waals surface area (Å²) in [7, 11) is 0. The standard InChI is InChI=1S/C15H10BrClN2O6/c16-11-6-9(19(23)24)2-3-12(11)18-14(21)7-25-15(22)10-5-8(17)1-4-13(10)20/h1-6,20H,7H2,(H,18,21). The number of phenolic OH excluding ortho intramolecular Hbond substituents is 1. The number of hydrogen-bond donors (Lipinski definition) is 2. The van der Waals surface area contributed by atoms with Gasteiger partial charge in [-0.3, -0.25) is 14.9 Å². The quantitative estimate of drug-likeness (QED) is 0.426. The first kappa shape index (κ1) is 18.7. The van der Waals surface area contributed by atoms with Crippen molar-refractivity contribution in [3.63, 3.8) is 0 Å². The van der Waals surface area contributed by atoms with Gasteiger partial charge in [0.05, 0.1) is 10.6 Å². The van der Waals surface area contributed by atoms with Gasteiger partial charge in [-0.2, -0.15) is 0 Å². The third-order valence-corrected chi connectivity index (χ3v) is 3.84. The molecule has 0 unspecified atom stereocenters. The highest BCUT2D eigenvalue weighted by atomic mass is 79.9. The monoisotopic (exact) mass is 428 g/mol. The molecule has 25 heavy (non-hydrogen) atoms.